The molecule has 0 aromatic heterocycles. The molecular formula is C43H58O7. The number of fused-ring (bicyclic) bond motifs is 3. The van der Waals surface area contributed by atoms with Crippen LogP contribution in [0.3, 0.4) is 0 Å². The molecule has 2 aromatic rings. The van der Waals surface area contributed by atoms with Crippen LogP contribution < -0.4 is 4.74 Å². The van der Waals surface area contributed by atoms with Crippen molar-refractivity contribution in [2.75, 3.05) is 6.61 Å². The predicted molar refractivity (Wildman–Crippen MR) is 194 cm³/mol. The van der Waals surface area contributed by atoms with E-state index in [0.29, 0.717) is 12.2 Å². The van der Waals surface area contributed by atoms with Gasteiger partial charge in [0.2, 0.25) is 0 Å². The Hall–Kier alpha value is -3.48. The number of hydrogen-bond donors (Lipinski definition) is 0. The molecule has 1 aliphatic carbocycles. The van der Waals surface area contributed by atoms with Gasteiger partial charge in [0.05, 0.1) is 30.8 Å². The molecule has 0 amide bonds. The first kappa shape index (κ1) is 37.8. The summed E-state index contributed by atoms with van der Waals surface area (Å²) in [6.07, 6.45) is 24.1. The zero-order valence-corrected chi connectivity index (χ0v) is 30.4. The van der Waals surface area contributed by atoms with E-state index in [2.05, 4.69) is 6.92 Å². The lowest BCUT2D eigenvalue weighted by Gasteiger charge is -2.40. The molecule has 0 radical (unpaired) electrons. The second-order valence-corrected chi connectivity index (χ2v) is 15.0. The number of unbranched alkanes of at least 4 members (excludes halogenated alkanes) is 17. The van der Waals surface area contributed by atoms with E-state index in [-0.39, 0.29) is 6.42 Å². The third kappa shape index (κ3) is 9.85. The number of ether oxygens (including phenoxy) is 3. The van der Waals surface area contributed by atoms with Gasteiger partial charge in [0.15, 0.2) is 0 Å². The maximum Gasteiger partial charge on any atom is 0.321 e. The van der Waals surface area contributed by atoms with Gasteiger partial charge in [0, 0.05) is 11.8 Å². The third-order valence-corrected chi connectivity index (χ3v) is 11.2. The molecule has 7 heteroatoms. The molecule has 2 heterocycles. The van der Waals surface area contributed by atoms with Crippen LogP contribution in [0.2, 0.25) is 0 Å². The molecule has 50 heavy (non-hydrogen) atoms. The van der Waals surface area contributed by atoms with Crippen LogP contribution in [-0.2, 0) is 28.7 Å². The fraction of sp³-hybridized carbons (Fsp3) is 0.628. The number of carbonyl (C=O) groups excluding carboxylic acids is 4. The third-order valence-electron chi connectivity index (χ3n) is 11.2. The number of rotatable bonds is 22. The van der Waals surface area contributed by atoms with Crippen molar-refractivity contribution in [1.29, 1.82) is 0 Å². The summed E-state index contributed by atoms with van der Waals surface area (Å²) < 4.78 is 16.2. The van der Waals surface area contributed by atoms with E-state index in [1.807, 2.05) is 49.4 Å². The average molecular weight is 687 g/mol. The van der Waals surface area contributed by atoms with Crippen LogP contribution in [-0.4, -0.2) is 30.5 Å². The molecule has 0 N–H and O–H groups in total. The average Bonchev–Trinajstić information content (AvgIpc) is 3.60. The minimum atomic E-state index is -0.795. The fourth-order valence-corrected chi connectivity index (χ4v) is 8.50. The van der Waals surface area contributed by atoms with Gasteiger partial charge in [-0.15, -0.1) is 0 Å². The van der Waals surface area contributed by atoms with Gasteiger partial charge < -0.3 is 14.2 Å². The van der Waals surface area contributed by atoms with Crippen molar-refractivity contribution in [3.63, 3.8) is 0 Å². The van der Waals surface area contributed by atoms with Crippen LogP contribution >= 0.6 is 0 Å². The number of benzene rings is 2. The highest BCUT2D eigenvalue weighted by Gasteiger charge is 2.59. The van der Waals surface area contributed by atoms with E-state index in [4.69, 9.17) is 14.2 Å². The van der Waals surface area contributed by atoms with Crippen LogP contribution in [0, 0.1) is 18.8 Å². The molecule has 0 spiro atoms. The molecule has 2 aliphatic heterocycles. The van der Waals surface area contributed by atoms with Gasteiger partial charge in [-0.05, 0) is 42.2 Å². The lowest BCUT2D eigenvalue weighted by molar-refractivity contribution is -0.155. The molecule has 5 atom stereocenters. The van der Waals surface area contributed by atoms with E-state index in [1.54, 1.807) is 0 Å². The fourth-order valence-electron chi connectivity index (χ4n) is 8.50. The molecule has 5 rings (SSSR count). The Balaban J connectivity index is 1.04. The minimum absolute atomic E-state index is 0.0612. The summed E-state index contributed by atoms with van der Waals surface area (Å²) in [6.45, 7) is 4.84. The molecule has 2 aromatic carbocycles. The SMILES string of the molecule is CCCCCCCCCCCCCCCCCCCCOc1ccc(C2C3C(=O)OC(=O)C3c3cc(C)ccc3C2C2CC(=O)OC2=O)cc1. The lowest BCUT2D eigenvalue weighted by Crippen LogP contribution is -2.38. The number of cyclic esters (lactones) is 4. The van der Waals surface area contributed by atoms with Crippen LogP contribution in [0.4, 0.5) is 0 Å². The van der Waals surface area contributed by atoms with Gasteiger partial charge in [0.1, 0.15) is 5.75 Å². The number of hydrogen-bond acceptors (Lipinski definition) is 7. The maximum atomic E-state index is 13.2. The number of carbonyl (C=O) groups is 4. The van der Waals surface area contributed by atoms with Crippen LogP contribution in [0.15, 0.2) is 42.5 Å². The Morgan fingerprint density at radius 1 is 0.580 bits per heavy atom. The largest absolute Gasteiger partial charge is 0.494 e. The first-order valence-corrected chi connectivity index (χ1v) is 19.7. The second-order valence-electron chi connectivity index (χ2n) is 15.0. The van der Waals surface area contributed by atoms with E-state index in [1.165, 1.54) is 103 Å². The van der Waals surface area contributed by atoms with Crippen molar-refractivity contribution >= 4 is 23.9 Å². The summed E-state index contributed by atoms with van der Waals surface area (Å²) in [6, 6.07) is 13.4. The monoisotopic (exact) mass is 686 g/mol. The Bertz CT molecular complexity index is 1430. The first-order chi connectivity index (χ1) is 24.4. The summed E-state index contributed by atoms with van der Waals surface area (Å²) >= 11 is 0. The van der Waals surface area contributed by atoms with Gasteiger partial charge in [-0.2, -0.15) is 0 Å². The molecular weight excluding hydrogens is 628 g/mol. The zero-order valence-electron chi connectivity index (χ0n) is 30.4. The van der Waals surface area contributed by atoms with Crippen LogP contribution in [0.1, 0.15) is 169 Å². The Morgan fingerprint density at radius 2 is 1.14 bits per heavy atom. The first-order valence-electron chi connectivity index (χ1n) is 19.7. The summed E-state index contributed by atoms with van der Waals surface area (Å²) in [5, 5.41) is 0. The molecule has 5 unspecified atom stereocenters. The highest BCUT2D eigenvalue weighted by Crippen LogP contribution is 2.58. The normalized spacial score (nSPS) is 22.7. The lowest BCUT2D eigenvalue weighted by atomic mass is 9.59. The van der Waals surface area contributed by atoms with Gasteiger partial charge in [-0.1, -0.05) is 152 Å². The van der Waals surface area contributed by atoms with E-state index >= 15 is 0 Å². The highest BCUT2D eigenvalue weighted by molar-refractivity contribution is 6.02. The van der Waals surface area contributed by atoms with Crippen molar-refractivity contribution in [3.8, 4) is 5.75 Å². The molecule has 3 aliphatic rings. The van der Waals surface area contributed by atoms with E-state index < -0.39 is 53.5 Å². The van der Waals surface area contributed by atoms with Crippen molar-refractivity contribution in [1.82, 2.24) is 0 Å². The summed E-state index contributed by atoms with van der Waals surface area (Å²) in [5.74, 6) is -4.93. The topological polar surface area (TPSA) is 96.0 Å². The van der Waals surface area contributed by atoms with E-state index in [9.17, 15) is 19.2 Å². The summed E-state index contributed by atoms with van der Waals surface area (Å²) in [4.78, 5) is 51.4. The molecule has 272 valence electrons. The Labute approximate surface area is 299 Å². The minimum Gasteiger partial charge on any atom is -0.494 e. The second kappa shape index (κ2) is 19.2. The van der Waals surface area contributed by atoms with Gasteiger partial charge in [-0.3, -0.25) is 19.2 Å². The smallest absolute Gasteiger partial charge is 0.321 e. The van der Waals surface area contributed by atoms with Gasteiger partial charge >= 0.3 is 23.9 Å². The van der Waals surface area contributed by atoms with Gasteiger partial charge in [0.25, 0.3) is 0 Å². The van der Waals surface area contributed by atoms with Crippen molar-refractivity contribution in [3.05, 3.63) is 64.7 Å². The maximum absolute atomic E-state index is 13.2. The molecule has 7 nitrogen and oxygen atoms in total. The standard InChI is InChI=1S/C43H58O7/c1-3-4-5-6-7-8-9-10-11-12-13-14-15-16-17-18-19-20-27-48-32-24-22-31(23-25-32)37-38(35-29-36(44)49-41(35)45)33-26-21-30(2)28-34(33)39-40(37)43(47)50-42(39)46/h21-26,28,35,37-40H,3-20,27,29H2,1-2H3. The van der Waals surface area contributed by atoms with Crippen molar-refractivity contribution in [2.24, 2.45) is 11.8 Å². The Morgan fingerprint density at radius 3 is 1.68 bits per heavy atom. The number of aryl methyl sites for hydroxylation is 1. The molecule has 0 saturated carbocycles. The summed E-state index contributed by atoms with van der Waals surface area (Å²) in [7, 11) is 0. The van der Waals surface area contributed by atoms with Gasteiger partial charge in [-0.25, -0.2) is 0 Å². The van der Waals surface area contributed by atoms with Crippen LogP contribution in [0.25, 0.3) is 0 Å². The Kier molecular flexibility index (Phi) is 14.5. The quantitative estimate of drug-likeness (QED) is 0.0691. The molecule has 2 fully saturated rings. The molecule has 0 bridgehead atoms. The number of esters is 4. The summed E-state index contributed by atoms with van der Waals surface area (Å²) in [5.41, 5.74) is 3.23. The zero-order chi connectivity index (χ0) is 35.3. The van der Waals surface area contributed by atoms with E-state index in [0.717, 1.165) is 35.3 Å². The van der Waals surface area contributed by atoms with Crippen LogP contribution in [0.5, 0.6) is 5.75 Å². The van der Waals surface area contributed by atoms with Crippen molar-refractivity contribution < 1.29 is 33.4 Å². The predicted octanol–water partition coefficient (Wildman–Crippen LogP) is 10.2. The molecule has 2 saturated heterocycles. The highest BCUT2D eigenvalue weighted by atomic mass is 16.6. The van der Waals surface area contributed by atoms with Crippen molar-refractivity contribution in [2.45, 2.75) is 154 Å².